The maximum Gasteiger partial charge on any atom is 0.0440 e. The van der Waals surface area contributed by atoms with Gasteiger partial charge in [0.2, 0.25) is 0 Å². The minimum Gasteiger partial charge on any atom is -0.382 e. The molecule has 0 bridgehead atoms. The van der Waals surface area contributed by atoms with E-state index in [1.807, 2.05) is 12.1 Å². The zero-order valence-electron chi connectivity index (χ0n) is 12.6. The van der Waals surface area contributed by atoms with E-state index < -0.39 is 0 Å². The van der Waals surface area contributed by atoms with E-state index >= 15 is 0 Å². The summed E-state index contributed by atoms with van der Waals surface area (Å²) in [5.41, 5.74) is 3.99. The van der Waals surface area contributed by atoms with E-state index in [0.29, 0.717) is 17.9 Å². The number of para-hydroxylation sites is 1. The van der Waals surface area contributed by atoms with Crippen molar-refractivity contribution in [1.29, 1.82) is 0 Å². The lowest BCUT2D eigenvalue weighted by Gasteiger charge is -2.38. The molecule has 21 heavy (non-hydrogen) atoms. The van der Waals surface area contributed by atoms with Crippen molar-refractivity contribution in [3.05, 3.63) is 64.7 Å². The molecule has 2 aromatic carbocycles. The van der Waals surface area contributed by atoms with Crippen LogP contribution in [0.2, 0.25) is 5.02 Å². The van der Waals surface area contributed by atoms with Crippen LogP contribution in [-0.2, 0) is 0 Å². The van der Waals surface area contributed by atoms with Gasteiger partial charge in [-0.15, -0.1) is 0 Å². The normalized spacial score (nSPS) is 21.1. The molecule has 0 saturated heterocycles. The first kappa shape index (κ1) is 14.5. The van der Waals surface area contributed by atoms with Gasteiger partial charge in [0.05, 0.1) is 0 Å². The molecule has 1 saturated carbocycles. The molecule has 3 rings (SSSR count). The standard InChI is InChI=1S/C19H22ClN/c1-13(2)16-7-4-6-10-19(16)21-15-11-14(12-15)17-8-3-5-9-18(17)20/h3-10,13-15,21H,11-12H2,1-2H3. The van der Waals surface area contributed by atoms with Crippen molar-refractivity contribution in [3.8, 4) is 0 Å². The van der Waals surface area contributed by atoms with Gasteiger partial charge in [0.15, 0.2) is 0 Å². The lowest BCUT2D eigenvalue weighted by molar-refractivity contribution is 0.374. The lowest BCUT2D eigenvalue weighted by atomic mass is 9.75. The van der Waals surface area contributed by atoms with E-state index in [0.717, 1.165) is 17.9 Å². The Morgan fingerprint density at radius 1 is 1.00 bits per heavy atom. The molecule has 0 atom stereocenters. The van der Waals surface area contributed by atoms with Crippen LogP contribution < -0.4 is 5.32 Å². The van der Waals surface area contributed by atoms with E-state index in [4.69, 9.17) is 11.6 Å². The summed E-state index contributed by atoms with van der Waals surface area (Å²) in [5, 5.41) is 4.61. The van der Waals surface area contributed by atoms with Crippen LogP contribution in [-0.4, -0.2) is 6.04 Å². The fraction of sp³-hybridized carbons (Fsp3) is 0.368. The van der Waals surface area contributed by atoms with Crippen LogP contribution >= 0.6 is 11.6 Å². The highest BCUT2D eigenvalue weighted by Crippen LogP contribution is 2.41. The minimum atomic E-state index is 0.549. The van der Waals surface area contributed by atoms with Crippen LogP contribution in [0, 0.1) is 0 Å². The Hall–Kier alpha value is -1.47. The van der Waals surface area contributed by atoms with Crippen molar-refractivity contribution in [2.24, 2.45) is 0 Å². The molecule has 0 amide bonds. The van der Waals surface area contributed by atoms with E-state index in [1.165, 1.54) is 16.8 Å². The van der Waals surface area contributed by atoms with Gasteiger partial charge in [0.25, 0.3) is 0 Å². The molecule has 2 heteroatoms. The van der Waals surface area contributed by atoms with Crippen LogP contribution in [0.15, 0.2) is 48.5 Å². The fourth-order valence-corrected chi connectivity index (χ4v) is 3.44. The van der Waals surface area contributed by atoms with Crippen LogP contribution in [0.3, 0.4) is 0 Å². The van der Waals surface area contributed by atoms with Gasteiger partial charge in [0, 0.05) is 16.8 Å². The van der Waals surface area contributed by atoms with Gasteiger partial charge < -0.3 is 5.32 Å². The third-order valence-corrected chi connectivity index (χ3v) is 4.77. The molecular formula is C19H22ClN. The van der Waals surface area contributed by atoms with E-state index in [2.05, 4.69) is 55.6 Å². The van der Waals surface area contributed by atoms with Crippen molar-refractivity contribution in [3.63, 3.8) is 0 Å². The Morgan fingerprint density at radius 2 is 1.67 bits per heavy atom. The maximum absolute atomic E-state index is 6.29. The second-order valence-electron chi connectivity index (χ2n) is 6.27. The predicted octanol–water partition coefficient (Wildman–Crippen LogP) is 5.82. The van der Waals surface area contributed by atoms with Crippen LogP contribution in [0.25, 0.3) is 0 Å². The summed E-state index contributed by atoms with van der Waals surface area (Å²) in [6, 6.07) is 17.4. The van der Waals surface area contributed by atoms with Crippen LogP contribution in [0.5, 0.6) is 0 Å². The third-order valence-electron chi connectivity index (χ3n) is 4.43. The molecule has 0 heterocycles. The Balaban J connectivity index is 1.64. The molecule has 0 unspecified atom stereocenters. The van der Waals surface area contributed by atoms with E-state index in [-0.39, 0.29) is 0 Å². The molecule has 0 spiro atoms. The Bertz CT molecular complexity index is 614. The quantitative estimate of drug-likeness (QED) is 0.750. The average molecular weight is 300 g/mol. The Labute approximate surface area is 132 Å². The van der Waals surface area contributed by atoms with Crippen molar-refractivity contribution in [2.75, 3.05) is 5.32 Å². The summed E-state index contributed by atoms with van der Waals surface area (Å²) in [7, 11) is 0. The molecule has 1 N–H and O–H groups in total. The van der Waals surface area contributed by atoms with Crippen LogP contribution in [0.1, 0.15) is 49.7 Å². The molecule has 1 fully saturated rings. The van der Waals surface area contributed by atoms with E-state index in [1.54, 1.807) is 0 Å². The number of anilines is 1. The third kappa shape index (κ3) is 3.08. The molecular weight excluding hydrogens is 278 g/mol. The first-order valence-electron chi connectivity index (χ1n) is 7.75. The summed E-state index contributed by atoms with van der Waals surface area (Å²) in [5.74, 6) is 1.15. The van der Waals surface area contributed by atoms with Crippen molar-refractivity contribution < 1.29 is 0 Å². The van der Waals surface area contributed by atoms with Gasteiger partial charge in [-0.1, -0.05) is 61.8 Å². The van der Waals surface area contributed by atoms with Gasteiger partial charge >= 0.3 is 0 Å². The molecule has 0 radical (unpaired) electrons. The second-order valence-corrected chi connectivity index (χ2v) is 6.68. The first-order chi connectivity index (χ1) is 10.1. The highest BCUT2D eigenvalue weighted by Gasteiger charge is 2.31. The molecule has 1 aliphatic carbocycles. The van der Waals surface area contributed by atoms with E-state index in [9.17, 15) is 0 Å². The topological polar surface area (TPSA) is 12.0 Å². The second kappa shape index (κ2) is 6.11. The number of rotatable bonds is 4. The maximum atomic E-state index is 6.29. The number of benzene rings is 2. The number of hydrogen-bond acceptors (Lipinski definition) is 1. The monoisotopic (exact) mass is 299 g/mol. The van der Waals surface area contributed by atoms with Gasteiger partial charge in [0.1, 0.15) is 0 Å². The SMILES string of the molecule is CC(C)c1ccccc1NC1CC(c2ccccc2Cl)C1. The number of hydrogen-bond donors (Lipinski definition) is 1. The molecule has 2 aromatic rings. The van der Waals surface area contributed by atoms with Crippen molar-refractivity contribution in [1.82, 2.24) is 0 Å². The van der Waals surface area contributed by atoms with Gasteiger partial charge in [-0.3, -0.25) is 0 Å². The summed E-state index contributed by atoms with van der Waals surface area (Å²) in [6.45, 7) is 4.49. The average Bonchev–Trinajstić information content (AvgIpc) is 2.44. The fourth-order valence-electron chi connectivity index (χ4n) is 3.15. The molecule has 1 aliphatic rings. The Kier molecular flexibility index (Phi) is 4.21. The largest absolute Gasteiger partial charge is 0.382 e. The van der Waals surface area contributed by atoms with Gasteiger partial charge in [-0.05, 0) is 47.9 Å². The minimum absolute atomic E-state index is 0.549. The highest BCUT2D eigenvalue weighted by atomic mass is 35.5. The number of nitrogens with one attached hydrogen (secondary N) is 1. The zero-order chi connectivity index (χ0) is 14.8. The smallest absolute Gasteiger partial charge is 0.0440 e. The first-order valence-corrected chi connectivity index (χ1v) is 8.13. The molecule has 0 aromatic heterocycles. The van der Waals surface area contributed by atoms with Crippen molar-refractivity contribution in [2.45, 2.75) is 44.6 Å². The summed E-state index contributed by atoms with van der Waals surface area (Å²) < 4.78 is 0. The predicted molar refractivity (Wildman–Crippen MR) is 91.4 cm³/mol. The van der Waals surface area contributed by atoms with Gasteiger partial charge in [-0.25, -0.2) is 0 Å². The summed E-state index contributed by atoms with van der Waals surface area (Å²) in [4.78, 5) is 0. The van der Waals surface area contributed by atoms with Crippen LogP contribution in [0.4, 0.5) is 5.69 Å². The van der Waals surface area contributed by atoms with Gasteiger partial charge in [-0.2, -0.15) is 0 Å². The summed E-state index contributed by atoms with van der Waals surface area (Å²) in [6.07, 6.45) is 2.33. The number of halogens is 1. The molecule has 110 valence electrons. The molecule has 1 nitrogen and oxygen atoms in total. The highest BCUT2D eigenvalue weighted by molar-refractivity contribution is 6.31. The lowest BCUT2D eigenvalue weighted by Crippen LogP contribution is -2.34. The van der Waals surface area contributed by atoms with Crippen molar-refractivity contribution >= 4 is 17.3 Å². The zero-order valence-corrected chi connectivity index (χ0v) is 13.4. The Morgan fingerprint density at radius 3 is 2.38 bits per heavy atom. The molecule has 0 aliphatic heterocycles. The summed E-state index contributed by atoms with van der Waals surface area (Å²) >= 11 is 6.29.